The molecule has 0 bridgehead atoms. The molecule has 3 N–H and O–H groups in total. The minimum Gasteiger partial charge on any atom is -0.482 e. The predicted molar refractivity (Wildman–Crippen MR) is 125 cm³/mol. The van der Waals surface area contributed by atoms with Gasteiger partial charge in [0.05, 0.1) is 9.92 Å². The zero-order valence-corrected chi connectivity index (χ0v) is 19.2. The van der Waals surface area contributed by atoms with Crippen LogP contribution in [0.15, 0.2) is 53.4 Å². The van der Waals surface area contributed by atoms with Gasteiger partial charge in [0, 0.05) is 11.7 Å². The second-order valence-electron chi connectivity index (χ2n) is 7.20. The van der Waals surface area contributed by atoms with Crippen LogP contribution >= 0.6 is 23.8 Å². The van der Waals surface area contributed by atoms with E-state index in [1.54, 1.807) is 36.4 Å². The average molecular weight is 482 g/mol. The number of hydrogen-bond donors (Lipinski definition) is 3. The Morgan fingerprint density at radius 1 is 1.06 bits per heavy atom. The molecule has 0 unspecified atom stereocenters. The molecule has 31 heavy (non-hydrogen) atoms. The van der Waals surface area contributed by atoms with Crippen molar-refractivity contribution >= 4 is 50.5 Å². The van der Waals surface area contributed by atoms with E-state index in [1.807, 2.05) is 0 Å². The molecule has 0 spiro atoms. The molecule has 0 atom stereocenters. The number of nitrogens with one attached hydrogen (secondary N) is 3. The van der Waals surface area contributed by atoms with Crippen LogP contribution in [0.2, 0.25) is 5.02 Å². The maximum Gasteiger partial charge on any atom is 0.264 e. The highest BCUT2D eigenvalue weighted by Crippen LogP contribution is 2.23. The molecule has 1 saturated carbocycles. The van der Waals surface area contributed by atoms with Crippen molar-refractivity contribution in [2.45, 2.75) is 43.0 Å². The highest BCUT2D eigenvalue weighted by Gasteiger charge is 2.21. The van der Waals surface area contributed by atoms with E-state index in [-0.39, 0.29) is 22.7 Å². The fraction of sp³-hybridized carbons (Fsp3) is 0.333. The summed E-state index contributed by atoms with van der Waals surface area (Å²) in [6, 6.07) is 13.0. The number of hydrogen-bond acceptors (Lipinski definition) is 5. The molecule has 1 fully saturated rings. The van der Waals surface area contributed by atoms with Gasteiger partial charge in [-0.2, -0.15) is 0 Å². The van der Waals surface area contributed by atoms with Gasteiger partial charge in [0.25, 0.3) is 5.91 Å². The minimum atomic E-state index is -3.57. The average Bonchev–Trinajstić information content (AvgIpc) is 2.74. The van der Waals surface area contributed by atoms with E-state index in [1.165, 1.54) is 12.1 Å². The Hall–Kier alpha value is -2.20. The smallest absolute Gasteiger partial charge is 0.264 e. The Labute approximate surface area is 192 Å². The number of carbonyl (C=O) groups excluding carboxylic acids is 1. The second-order valence-corrected chi connectivity index (χ2v) is 9.73. The molecule has 7 nitrogen and oxygen atoms in total. The van der Waals surface area contributed by atoms with Crippen molar-refractivity contribution in [2.24, 2.45) is 0 Å². The largest absolute Gasteiger partial charge is 0.482 e. The van der Waals surface area contributed by atoms with Gasteiger partial charge in [-0.15, -0.1) is 0 Å². The van der Waals surface area contributed by atoms with Gasteiger partial charge in [0.2, 0.25) is 10.0 Å². The van der Waals surface area contributed by atoms with Crippen LogP contribution in [0, 0.1) is 0 Å². The summed E-state index contributed by atoms with van der Waals surface area (Å²) in [5, 5.41) is 5.82. The number of sulfonamides is 1. The standard InChI is InChI=1S/C21H24ClN3O4S2/c22-18-8-4-5-9-19(18)29-14-20(26)24-21(30)23-15-10-12-17(13-11-15)31(27,28)25-16-6-2-1-3-7-16/h4-5,8-13,16,25H,1-3,6-7,14H2,(H2,23,24,26,30). The highest BCUT2D eigenvalue weighted by atomic mass is 35.5. The van der Waals surface area contributed by atoms with Crippen LogP contribution in [0.25, 0.3) is 0 Å². The molecule has 3 rings (SSSR count). The first-order valence-corrected chi connectivity index (χ1v) is 12.2. The van der Waals surface area contributed by atoms with Gasteiger partial charge in [-0.1, -0.05) is 43.0 Å². The number of thiocarbonyl (C=S) groups is 1. The summed E-state index contributed by atoms with van der Waals surface area (Å²) in [6.45, 7) is -0.254. The lowest BCUT2D eigenvalue weighted by molar-refractivity contribution is -0.121. The number of rotatable bonds is 7. The molecular formula is C21H24ClN3O4S2. The van der Waals surface area contributed by atoms with E-state index in [4.69, 9.17) is 28.6 Å². The van der Waals surface area contributed by atoms with Crippen LogP contribution in [0.5, 0.6) is 5.75 Å². The number of para-hydroxylation sites is 1. The molecule has 1 aliphatic carbocycles. The Bertz CT molecular complexity index is 1020. The minimum absolute atomic E-state index is 0.00710. The molecular weight excluding hydrogens is 458 g/mol. The van der Waals surface area contributed by atoms with E-state index >= 15 is 0 Å². The molecule has 0 aromatic heterocycles. The maximum absolute atomic E-state index is 12.6. The SMILES string of the molecule is O=C(COc1ccccc1Cl)NC(=S)Nc1ccc(S(=O)(=O)NC2CCCCC2)cc1. The number of anilines is 1. The summed E-state index contributed by atoms with van der Waals surface area (Å²) in [7, 11) is -3.57. The molecule has 166 valence electrons. The monoisotopic (exact) mass is 481 g/mol. The quantitative estimate of drug-likeness (QED) is 0.520. The molecule has 0 saturated heterocycles. The van der Waals surface area contributed by atoms with Crippen LogP contribution in [-0.4, -0.2) is 32.1 Å². The fourth-order valence-electron chi connectivity index (χ4n) is 3.26. The van der Waals surface area contributed by atoms with Crippen molar-refractivity contribution in [1.82, 2.24) is 10.0 Å². The predicted octanol–water partition coefficient (Wildman–Crippen LogP) is 3.84. The number of ether oxygens (including phenoxy) is 1. The van der Waals surface area contributed by atoms with Gasteiger partial charge < -0.3 is 10.1 Å². The van der Waals surface area contributed by atoms with Crippen LogP contribution in [0.1, 0.15) is 32.1 Å². The van der Waals surface area contributed by atoms with Crippen molar-refractivity contribution in [3.63, 3.8) is 0 Å². The zero-order valence-electron chi connectivity index (χ0n) is 16.8. The van der Waals surface area contributed by atoms with Gasteiger partial charge in [-0.3, -0.25) is 10.1 Å². The Morgan fingerprint density at radius 3 is 2.42 bits per heavy atom. The summed E-state index contributed by atoms with van der Waals surface area (Å²) in [5.41, 5.74) is 0.550. The van der Waals surface area contributed by atoms with Crippen molar-refractivity contribution < 1.29 is 17.9 Å². The Kier molecular flexibility index (Phi) is 8.25. The van der Waals surface area contributed by atoms with Crippen molar-refractivity contribution in [3.05, 3.63) is 53.6 Å². The Morgan fingerprint density at radius 2 is 1.74 bits per heavy atom. The van der Waals surface area contributed by atoms with Gasteiger partial charge in [-0.05, 0) is 61.5 Å². The van der Waals surface area contributed by atoms with E-state index < -0.39 is 15.9 Å². The fourth-order valence-corrected chi connectivity index (χ4v) is 4.98. The van der Waals surface area contributed by atoms with Gasteiger partial charge >= 0.3 is 0 Å². The first-order chi connectivity index (χ1) is 14.8. The van der Waals surface area contributed by atoms with Crippen LogP contribution in [0.3, 0.4) is 0 Å². The van der Waals surface area contributed by atoms with Crippen molar-refractivity contribution in [2.75, 3.05) is 11.9 Å². The van der Waals surface area contributed by atoms with Gasteiger partial charge in [-0.25, -0.2) is 13.1 Å². The first kappa shape index (κ1) is 23.5. The second kappa shape index (κ2) is 10.9. The molecule has 0 heterocycles. The third kappa shape index (κ3) is 7.17. The van der Waals surface area contributed by atoms with E-state index in [9.17, 15) is 13.2 Å². The molecule has 1 aliphatic rings. The summed E-state index contributed by atoms with van der Waals surface area (Å²) in [5.74, 6) is -0.0508. The van der Waals surface area contributed by atoms with Gasteiger partial charge in [0.1, 0.15) is 5.75 Å². The maximum atomic E-state index is 12.6. The van der Waals surface area contributed by atoms with E-state index in [0.717, 1.165) is 32.1 Å². The third-order valence-corrected chi connectivity index (χ3v) is 6.85. The lowest BCUT2D eigenvalue weighted by atomic mass is 9.96. The number of amides is 1. The Balaban J connectivity index is 1.49. The molecule has 2 aromatic rings. The van der Waals surface area contributed by atoms with E-state index in [2.05, 4.69) is 15.4 Å². The number of carbonyl (C=O) groups is 1. The van der Waals surface area contributed by atoms with Gasteiger partial charge in [0.15, 0.2) is 11.7 Å². The number of halogens is 1. The van der Waals surface area contributed by atoms with Crippen LogP contribution in [-0.2, 0) is 14.8 Å². The summed E-state index contributed by atoms with van der Waals surface area (Å²) in [6.07, 6.45) is 4.98. The topological polar surface area (TPSA) is 96.5 Å². The molecule has 10 heteroatoms. The van der Waals surface area contributed by atoms with Crippen molar-refractivity contribution in [3.8, 4) is 5.75 Å². The zero-order chi connectivity index (χ0) is 22.3. The first-order valence-electron chi connectivity index (χ1n) is 9.94. The molecule has 0 radical (unpaired) electrons. The normalized spacial score (nSPS) is 14.6. The summed E-state index contributed by atoms with van der Waals surface area (Å²) >= 11 is 11.1. The summed E-state index contributed by atoms with van der Waals surface area (Å²) in [4.78, 5) is 12.2. The third-order valence-electron chi connectivity index (χ3n) is 4.80. The van der Waals surface area contributed by atoms with Crippen molar-refractivity contribution in [1.29, 1.82) is 0 Å². The lowest BCUT2D eigenvalue weighted by Gasteiger charge is -2.22. The summed E-state index contributed by atoms with van der Waals surface area (Å²) < 4.78 is 33.2. The molecule has 1 amide bonds. The highest BCUT2D eigenvalue weighted by molar-refractivity contribution is 7.89. The molecule has 0 aliphatic heterocycles. The lowest BCUT2D eigenvalue weighted by Crippen LogP contribution is -2.37. The molecule has 2 aromatic carbocycles. The van der Waals surface area contributed by atoms with Crippen LogP contribution < -0.4 is 20.1 Å². The van der Waals surface area contributed by atoms with Crippen LogP contribution in [0.4, 0.5) is 5.69 Å². The number of benzene rings is 2. The van der Waals surface area contributed by atoms with E-state index in [0.29, 0.717) is 16.5 Å².